The summed E-state index contributed by atoms with van der Waals surface area (Å²) in [5.74, 6) is 0.467. The van der Waals surface area contributed by atoms with Crippen LogP contribution in [0, 0.1) is 0 Å². The van der Waals surface area contributed by atoms with Crippen LogP contribution in [-0.4, -0.2) is 28.1 Å². The molecule has 0 aromatic carbocycles. The van der Waals surface area contributed by atoms with Gasteiger partial charge in [-0.2, -0.15) is 15.0 Å². The second kappa shape index (κ2) is 8.08. The van der Waals surface area contributed by atoms with Gasteiger partial charge >= 0.3 is 6.01 Å². The molecule has 1 rings (SSSR count). The summed E-state index contributed by atoms with van der Waals surface area (Å²) in [5.41, 5.74) is 0. The minimum atomic E-state index is 0.141. The van der Waals surface area contributed by atoms with Crippen LogP contribution in [0.2, 0.25) is 5.28 Å². The molecule has 102 valence electrons. The van der Waals surface area contributed by atoms with Crippen LogP contribution in [0.25, 0.3) is 0 Å². The summed E-state index contributed by atoms with van der Waals surface area (Å²) in [6, 6.07) is 0.542. The molecule has 18 heavy (non-hydrogen) atoms. The number of halogens is 1. The number of hydrogen-bond donors (Lipinski definition) is 1. The van der Waals surface area contributed by atoms with Crippen molar-refractivity contribution < 1.29 is 4.74 Å². The SMILES string of the molecule is CCCCCCC(C)Nc1nc(Cl)nc(OC)n1. The minimum Gasteiger partial charge on any atom is -0.467 e. The van der Waals surface area contributed by atoms with Gasteiger partial charge in [0, 0.05) is 6.04 Å². The van der Waals surface area contributed by atoms with Gasteiger partial charge in [0.2, 0.25) is 11.2 Å². The van der Waals surface area contributed by atoms with Crippen molar-refractivity contribution in [3.05, 3.63) is 5.28 Å². The lowest BCUT2D eigenvalue weighted by Gasteiger charge is -2.13. The molecule has 0 saturated heterocycles. The van der Waals surface area contributed by atoms with Gasteiger partial charge in [0.25, 0.3) is 0 Å². The molecule has 0 spiro atoms. The van der Waals surface area contributed by atoms with E-state index in [0.717, 1.165) is 6.42 Å². The third-order valence-corrected chi connectivity index (χ3v) is 2.81. The molecule has 0 aliphatic heterocycles. The zero-order valence-electron chi connectivity index (χ0n) is 11.2. The van der Waals surface area contributed by atoms with Gasteiger partial charge < -0.3 is 10.1 Å². The first-order valence-electron chi connectivity index (χ1n) is 6.37. The number of rotatable bonds is 8. The molecule has 1 aromatic rings. The Morgan fingerprint density at radius 2 is 2.00 bits per heavy atom. The molecule has 0 bridgehead atoms. The van der Waals surface area contributed by atoms with Crippen LogP contribution >= 0.6 is 11.6 Å². The Balaban J connectivity index is 2.43. The molecule has 1 heterocycles. The largest absolute Gasteiger partial charge is 0.467 e. The van der Waals surface area contributed by atoms with E-state index < -0.39 is 0 Å². The molecule has 0 aliphatic carbocycles. The molecule has 6 heteroatoms. The maximum atomic E-state index is 5.78. The standard InChI is InChI=1S/C12H21ClN4O/c1-4-5-6-7-8-9(2)14-11-15-10(13)16-12(17-11)18-3/h9H,4-8H2,1-3H3,(H,14,15,16,17). The van der Waals surface area contributed by atoms with E-state index in [9.17, 15) is 0 Å². The van der Waals surface area contributed by atoms with Crippen LogP contribution in [0.15, 0.2) is 0 Å². The van der Waals surface area contributed by atoms with E-state index in [1.165, 1.54) is 32.8 Å². The summed E-state index contributed by atoms with van der Waals surface area (Å²) in [7, 11) is 1.50. The normalized spacial score (nSPS) is 12.2. The number of anilines is 1. The number of aromatic nitrogens is 3. The van der Waals surface area contributed by atoms with Gasteiger partial charge in [-0.1, -0.05) is 32.6 Å². The Bertz CT molecular complexity index is 362. The van der Waals surface area contributed by atoms with Crippen molar-refractivity contribution in [2.75, 3.05) is 12.4 Å². The summed E-state index contributed by atoms with van der Waals surface area (Å²) in [6.45, 7) is 4.32. The molecule has 0 radical (unpaired) electrons. The van der Waals surface area contributed by atoms with Crippen LogP contribution in [0.3, 0.4) is 0 Å². The maximum Gasteiger partial charge on any atom is 0.322 e. The fourth-order valence-electron chi connectivity index (χ4n) is 1.66. The molecular weight excluding hydrogens is 252 g/mol. The third-order valence-electron chi connectivity index (χ3n) is 2.64. The molecule has 1 atom stereocenters. The smallest absolute Gasteiger partial charge is 0.322 e. The lowest BCUT2D eigenvalue weighted by Crippen LogP contribution is -2.17. The van der Waals surface area contributed by atoms with Crippen molar-refractivity contribution in [3.8, 4) is 6.01 Å². The highest BCUT2D eigenvalue weighted by atomic mass is 35.5. The number of hydrogen-bond acceptors (Lipinski definition) is 5. The van der Waals surface area contributed by atoms with Crippen molar-refractivity contribution in [2.45, 2.75) is 52.0 Å². The highest BCUT2D eigenvalue weighted by Gasteiger charge is 2.08. The van der Waals surface area contributed by atoms with E-state index in [0.29, 0.717) is 12.0 Å². The first-order chi connectivity index (χ1) is 8.65. The van der Waals surface area contributed by atoms with Gasteiger partial charge in [-0.25, -0.2) is 0 Å². The zero-order chi connectivity index (χ0) is 13.4. The first-order valence-corrected chi connectivity index (χ1v) is 6.75. The van der Waals surface area contributed by atoms with E-state index in [1.807, 2.05) is 0 Å². The minimum absolute atomic E-state index is 0.141. The highest BCUT2D eigenvalue weighted by molar-refractivity contribution is 6.28. The van der Waals surface area contributed by atoms with Gasteiger partial charge in [-0.15, -0.1) is 0 Å². The summed E-state index contributed by atoms with van der Waals surface area (Å²) in [5, 5.41) is 3.35. The van der Waals surface area contributed by atoms with Gasteiger partial charge in [0.1, 0.15) is 0 Å². The van der Waals surface area contributed by atoms with E-state index >= 15 is 0 Å². The van der Waals surface area contributed by atoms with Crippen molar-refractivity contribution in [2.24, 2.45) is 0 Å². The number of nitrogens with zero attached hydrogens (tertiary/aromatic N) is 3. The van der Waals surface area contributed by atoms with Crippen molar-refractivity contribution in [1.82, 2.24) is 15.0 Å². The average Bonchev–Trinajstić information content (AvgIpc) is 2.34. The maximum absolute atomic E-state index is 5.78. The Labute approximate surface area is 113 Å². The second-order valence-electron chi connectivity index (χ2n) is 4.31. The van der Waals surface area contributed by atoms with E-state index in [-0.39, 0.29) is 11.3 Å². The van der Waals surface area contributed by atoms with E-state index in [2.05, 4.69) is 34.1 Å². The predicted octanol–water partition coefficient (Wildman–Crippen LogP) is 3.30. The van der Waals surface area contributed by atoms with E-state index in [4.69, 9.17) is 16.3 Å². The number of methoxy groups -OCH3 is 1. The van der Waals surface area contributed by atoms with Crippen LogP contribution < -0.4 is 10.1 Å². The lowest BCUT2D eigenvalue weighted by molar-refractivity contribution is 0.378. The monoisotopic (exact) mass is 272 g/mol. The Hall–Kier alpha value is -1.10. The van der Waals surface area contributed by atoms with Crippen molar-refractivity contribution >= 4 is 17.5 Å². The zero-order valence-corrected chi connectivity index (χ0v) is 12.0. The summed E-state index contributed by atoms with van der Waals surface area (Å²) in [4.78, 5) is 11.9. The second-order valence-corrected chi connectivity index (χ2v) is 4.65. The highest BCUT2D eigenvalue weighted by Crippen LogP contribution is 2.13. The van der Waals surface area contributed by atoms with Gasteiger partial charge in [-0.3, -0.25) is 0 Å². The molecule has 5 nitrogen and oxygen atoms in total. The summed E-state index contributed by atoms with van der Waals surface area (Å²) < 4.78 is 4.94. The lowest BCUT2D eigenvalue weighted by atomic mass is 10.1. The van der Waals surface area contributed by atoms with Crippen LogP contribution in [0.1, 0.15) is 46.0 Å². The fourth-order valence-corrected chi connectivity index (χ4v) is 1.81. The Morgan fingerprint density at radius 3 is 2.67 bits per heavy atom. The Kier molecular flexibility index (Phi) is 6.72. The van der Waals surface area contributed by atoms with Crippen molar-refractivity contribution in [1.29, 1.82) is 0 Å². The molecular formula is C12H21ClN4O. The molecule has 0 fully saturated rings. The molecule has 0 amide bonds. The van der Waals surface area contributed by atoms with E-state index in [1.54, 1.807) is 0 Å². The molecule has 1 aromatic heterocycles. The first kappa shape index (κ1) is 15.0. The number of nitrogens with one attached hydrogen (secondary N) is 1. The summed E-state index contributed by atoms with van der Waals surface area (Å²) in [6.07, 6.45) is 6.10. The molecule has 1 unspecified atom stereocenters. The third kappa shape index (κ3) is 5.49. The fraction of sp³-hybridized carbons (Fsp3) is 0.750. The van der Waals surface area contributed by atoms with Crippen LogP contribution in [0.5, 0.6) is 6.01 Å². The quantitative estimate of drug-likeness (QED) is 0.736. The van der Waals surface area contributed by atoms with Crippen LogP contribution in [0.4, 0.5) is 5.95 Å². The molecule has 1 N–H and O–H groups in total. The van der Waals surface area contributed by atoms with Gasteiger partial charge in [-0.05, 0) is 24.9 Å². The molecule has 0 saturated carbocycles. The van der Waals surface area contributed by atoms with Gasteiger partial charge in [0.05, 0.1) is 7.11 Å². The molecule has 0 aliphatic rings. The number of ether oxygens (including phenoxy) is 1. The van der Waals surface area contributed by atoms with Crippen molar-refractivity contribution in [3.63, 3.8) is 0 Å². The summed E-state index contributed by atoms with van der Waals surface area (Å²) >= 11 is 5.78. The predicted molar refractivity (Wildman–Crippen MR) is 73.2 cm³/mol. The van der Waals surface area contributed by atoms with Gasteiger partial charge in [0.15, 0.2) is 0 Å². The Morgan fingerprint density at radius 1 is 1.22 bits per heavy atom. The average molecular weight is 273 g/mol. The number of unbranched alkanes of at least 4 members (excludes halogenated alkanes) is 3. The topological polar surface area (TPSA) is 59.9 Å². The van der Waals surface area contributed by atoms with Crippen LogP contribution in [-0.2, 0) is 0 Å².